The molecule has 0 saturated heterocycles. The second-order valence-corrected chi connectivity index (χ2v) is 7.17. The Kier molecular flexibility index (Phi) is 5.18. The van der Waals surface area contributed by atoms with Gasteiger partial charge < -0.3 is 10.1 Å². The van der Waals surface area contributed by atoms with Gasteiger partial charge >= 0.3 is 0 Å². The number of thiophene rings is 1. The molecular formula is C21H15F2N3O2S. The average molecular weight is 411 g/mol. The number of hydrogen-bond acceptors (Lipinski definition) is 5. The van der Waals surface area contributed by atoms with E-state index in [4.69, 9.17) is 4.74 Å². The smallest absolute Gasteiger partial charge is 0.262 e. The quantitative estimate of drug-likeness (QED) is 0.504. The molecule has 0 bridgehead atoms. The van der Waals surface area contributed by atoms with Crippen molar-refractivity contribution in [1.29, 1.82) is 0 Å². The van der Waals surface area contributed by atoms with Gasteiger partial charge in [-0.3, -0.25) is 4.79 Å². The first-order valence-corrected chi connectivity index (χ1v) is 9.57. The number of benzene rings is 2. The molecule has 5 nitrogen and oxygen atoms in total. The molecule has 1 N–H and O–H groups in total. The van der Waals surface area contributed by atoms with Gasteiger partial charge in [-0.2, -0.15) is 0 Å². The first kappa shape index (κ1) is 18.9. The standard InChI is InChI=1S/C21H15F2N3O2S/c1-12-5-7-13(8-6-12)14-10-29-21-18(14)20(24-11-25-21)28-9-17(27)26-19-15(22)3-2-4-16(19)23/h2-8,10-11H,9H2,1H3,(H,26,27). The Morgan fingerprint density at radius 2 is 1.83 bits per heavy atom. The first-order chi connectivity index (χ1) is 14.0. The van der Waals surface area contributed by atoms with Crippen molar-refractivity contribution < 1.29 is 18.3 Å². The van der Waals surface area contributed by atoms with Crippen LogP contribution in [0.3, 0.4) is 0 Å². The third-order valence-corrected chi connectivity index (χ3v) is 5.15. The van der Waals surface area contributed by atoms with Crippen LogP contribution in [0.15, 0.2) is 54.2 Å². The normalized spacial score (nSPS) is 10.9. The van der Waals surface area contributed by atoms with E-state index in [1.165, 1.54) is 23.7 Å². The van der Waals surface area contributed by atoms with Crippen LogP contribution in [-0.2, 0) is 4.79 Å². The summed E-state index contributed by atoms with van der Waals surface area (Å²) in [5.74, 6) is -2.19. The number of aryl methyl sites for hydroxylation is 1. The number of carbonyl (C=O) groups is 1. The second-order valence-electron chi connectivity index (χ2n) is 6.31. The van der Waals surface area contributed by atoms with Gasteiger partial charge in [0.05, 0.1) is 5.39 Å². The number of fused-ring (bicyclic) bond motifs is 1. The summed E-state index contributed by atoms with van der Waals surface area (Å²) >= 11 is 1.44. The highest BCUT2D eigenvalue weighted by Gasteiger charge is 2.17. The van der Waals surface area contributed by atoms with Gasteiger partial charge in [-0.15, -0.1) is 11.3 Å². The molecule has 4 rings (SSSR count). The zero-order valence-electron chi connectivity index (χ0n) is 15.3. The molecule has 2 aromatic heterocycles. The monoisotopic (exact) mass is 411 g/mol. The van der Waals surface area contributed by atoms with Crippen molar-refractivity contribution >= 4 is 33.1 Å². The van der Waals surface area contributed by atoms with Crippen LogP contribution in [0.4, 0.5) is 14.5 Å². The number of rotatable bonds is 5. The van der Waals surface area contributed by atoms with Gasteiger partial charge in [0.15, 0.2) is 6.61 Å². The van der Waals surface area contributed by atoms with Crippen molar-refractivity contribution in [3.63, 3.8) is 0 Å². The number of aromatic nitrogens is 2. The van der Waals surface area contributed by atoms with Crippen LogP contribution in [0.25, 0.3) is 21.3 Å². The van der Waals surface area contributed by atoms with Crippen LogP contribution in [0.1, 0.15) is 5.56 Å². The van der Waals surface area contributed by atoms with Gasteiger partial charge in [-0.05, 0) is 24.6 Å². The van der Waals surface area contributed by atoms with Gasteiger partial charge in [0.2, 0.25) is 5.88 Å². The van der Waals surface area contributed by atoms with E-state index in [-0.39, 0.29) is 5.88 Å². The molecule has 4 aromatic rings. The predicted octanol–water partition coefficient (Wildman–Crippen LogP) is 4.96. The minimum Gasteiger partial charge on any atom is -0.467 e. The number of carbonyl (C=O) groups excluding carboxylic acids is 1. The van der Waals surface area contributed by atoms with E-state index in [1.54, 1.807) is 0 Å². The highest BCUT2D eigenvalue weighted by atomic mass is 32.1. The third kappa shape index (κ3) is 3.93. The molecule has 1 amide bonds. The number of nitrogens with zero attached hydrogens (tertiary/aromatic N) is 2. The van der Waals surface area contributed by atoms with Gasteiger partial charge in [-0.1, -0.05) is 35.9 Å². The Bertz CT molecular complexity index is 1170. The average Bonchev–Trinajstić information content (AvgIpc) is 3.15. The van der Waals surface area contributed by atoms with Crippen LogP contribution >= 0.6 is 11.3 Å². The molecule has 0 spiro atoms. The predicted molar refractivity (Wildman–Crippen MR) is 108 cm³/mol. The SMILES string of the molecule is Cc1ccc(-c2csc3ncnc(OCC(=O)Nc4c(F)cccc4F)c23)cc1. The zero-order chi connectivity index (χ0) is 20.4. The molecule has 8 heteroatoms. The van der Waals surface area contributed by atoms with Crippen molar-refractivity contribution in [3.05, 3.63) is 71.4 Å². The van der Waals surface area contributed by atoms with E-state index in [1.807, 2.05) is 36.6 Å². The van der Waals surface area contributed by atoms with Crippen molar-refractivity contribution in [1.82, 2.24) is 9.97 Å². The van der Waals surface area contributed by atoms with E-state index in [0.717, 1.165) is 28.8 Å². The lowest BCUT2D eigenvalue weighted by Gasteiger charge is -2.10. The molecule has 0 aliphatic carbocycles. The first-order valence-electron chi connectivity index (χ1n) is 8.69. The molecule has 0 aliphatic heterocycles. The molecule has 0 fully saturated rings. The molecule has 146 valence electrons. The van der Waals surface area contributed by atoms with Gasteiger partial charge in [0.1, 0.15) is 28.5 Å². The molecule has 0 aliphatic rings. The molecule has 2 aromatic carbocycles. The number of para-hydroxylation sites is 1. The fourth-order valence-electron chi connectivity index (χ4n) is 2.83. The highest BCUT2D eigenvalue weighted by molar-refractivity contribution is 7.17. The van der Waals surface area contributed by atoms with E-state index >= 15 is 0 Å². The van der Waals surface area contributed by atoms with Crippen LogP contribution in [0, 0.1) is 18.6 Å². The molecule has 0 atom stereocenters. The topological polar surface area (TPSA) is 64.1 Å². The van der Waals surface area contributed by atoms with Gasteiger partial charge in [0, 0.05) is 10.9 Å². The highest BCUT2D eigenvalue weighted by Crippen LogP contribution is 2.37. The molecular weight excluding hydrogens is 396 g/mol. The maximum Gasteiger partial charge on any atom is 0.262 e. The number of anilines is 1. The summed E-state index contributed by atoms with van der Waals surface area (Å²) in [7, 11) is 0. The molecule has 0 saturated carbocycles. The Morgan fingerprint density at radius 1 is 1.10 bits per heavy atom. The van der Waals surface area contributed by atoms with Crippen LogP contribution in [-0.4, -0.2) is 22.5 Å². The summed E-state index contributed by atoms with van der Waals surface area (Å²) in [4.78, 5) is 21.3. The lowest BCUT2D eigenvalue weighted by Crippen LogP contribution is -2.22. The number of hydrogen-bond donors (Lipinski definition) is 1. The molecule has 29 heavy (non-hydrogen) atoms. The Hall–Kier alpha value is -3.39. The fourth-order valence-corrected chi connectivity index (χ4v) is 3.74. The van der Waals surface area contributed by atoms with Crippen LogP contribution in [0.2, 0.25) is 0 Å². The summed E-state index contributed by atoms with van der Waals surface area (Å²) < 4.78 is 33.0. The van der Waals surface area contributed by atoms with Gasteiger partial charge in [-0.25, -0.2) is 18.7 Å². The maximum atomic E-state index is 13.7. The Morgan fingerprint density at radius 3 is 2.55 bits per heavy atom. The van der Waals surface area contributed by atoms with E-state index in [9.17, 15) is 13.6 Å². The van der Waals surface area contributed by atoms with E-state index < -0.39 is 29.8 Å². The number of ether oxygens (including phenoxy) is 1. The third-order valence-electron chi connectivity index (χ3n) is 4.27. The number of halogens is 2. The fraction of sp³-hybridized carbons (Fsp3) is 0.0952. The van der Waals surface area contributed by atoms with Crippen LogP contribution < -0.4 is 10.1 Å². The molecule has 0 unspecified atom stereocenters. The summed E-state index contributed by atoms with van der Waals surface area (Å²) in [6, 6.07) is 11.3. The number of nitrogens with one attached hydrogen (secondary N) is 1. The number of amides is 1. The molecule has 2 heterocycles. The second kappa shape index (κ2) is 7.92. The molecule has 0 radical (unpaired) electrons. The minimum atomic E-state index is -0.859. The Balaban J connectivity index is 1.57. The van der Waals surface area contributed by atoms with E-state index in [0.29, 0.717) is 10.2 Å². The van der Waals surface area contributed by atoms with Gasteiger partial charge in [0.25, 0.3) is 5.91 Å². The maximum absolute atomic E-state index is 13.7. The van der Waals surface area contributed by atoms with Crippen molar-refractivity contribution in [2.75, 3.05) is 11.9 Å². The van der Waals surface area contributed by atoms with E-state index in [2.05, 4.69) is 15.3 Å². The zero-order valence-corrected chi connectivity index (χ0v) is 16.1. The largest absolute Gasteiger partial charge is 0.467 e. The lowest BCUT2D eigenvalue weighted by atomic mass is 10.0. The summed E-state index contributed by atoms with van der Waals surface area (Å²) in [5, 5.41) is 4.82. The minimum absolute atomic E-state index is 0.232. The van der Waals surface area contributed by atoms with Crippen molar-refractivity contribution in [2.24, 2.45) is 0 Å². The summed E-state index contributed by atoms with van der Waals surface area (Å²) in [5.41, 5.74) is 2.49. The van der Waals surface area contributed by atoms with Crippen LogP contribution in [0.5, 0.6) is 5.88 Å². The van der Waals surface area contributed by atoms with Crippen molar-refractivity contribution in [2.45, 2.75) is 6.92 Å². The summed E-state index contributed by atoms with van der Waals surface area (Å²) in [6.45, 7) is 1.55. The Labute approximate surface area is 169 Å². The lowest BCUT2D eigenvalue weighted by molar-refractivity contribution is -0.118. The summed E-state index contributed by atoms with van der Waals surface area (Å²) in [6.07, 6.45) is 1.35. The van der Waals surface area contributed by atoms with Crippen molar-refractivity contribution in [3.8, 4) is 17.0 Å².